The Bertz CT molecular complexity index is 1080. The molecular weight excluding hydrogens is 394 g/mol. The number of ketones is 1. The summed E-state index contributed by atoms with van der Waals surface area (Å²) in [6.45, 7) is 3.83. The summed E-state index contributed by atoms with van der Waals surface area (Å²) in [7, 11) is 0. The van der Waals surface area contributed by atoms with Crippen molar-refractivity contribution in [1.29, 1.82) is 5.26 Å². The van der Waals surface area contributed by atoms with Crippen LogP contribution in [0.3, 0.4) is 0 Å². The van der Waals surface area contributed by atoms with Gasteiger partial charge < -0.3 is 9.84 Å². The number of ether oxygens (including phenoxy) is 1. The molecule has 0 atom stereocenters. The van der Waals surface area contributed by atoms with Crippen molar-refractivity contribution in [3.05, 3.63) is 82.9 Å². The van der Waals surface area contributed by atoms with Crippen molar-refractivity contribution in [2.24, 2.45) is 0 Å². The molecule has 5 heteroatoms. The highest BCUT2D eigenvalue weighted by Crippen LogP contribution is 2.34. The summed E-state index contributed by atoms with van der Waals surface area (Å²) in [4.78, 5) is 13.8. The Labute approximate surface area is 181 Å². The van der Waals surface area contributed by atoms with E-state index in [1.807, 2.05) is 49.4 Å². The number of phenols is 1. The van der Waals surface area contributed by atoms with E-state index in [4.69, 9.17) is 10.00 Å². The van der Waals surface area contributed by atoms with Crippen LogP contribution in [-0.4, -0.2) is 10.9 Å². The maximum atomic E-state index is 11.7. The predicted octanol–water partition coefficient (Wildman–Crippen LogP) is 6.15. The molecule has 0 radical (unpaired) electrons. The van der Waals surface area contributed by atoms with Crippen molar-refractivity contribution in [3.63, 3.8) is 0 Å². The molecule has 0 saturated heterocycles. The maximum absolute atomic E-state index is 11.7. The van der Waals surface area contributed by atoms with Crippen LogP contribution in [-0.2, 0) is 13.0 Å². The Kier molecular flexibility index (Phi) is 7.16. The van der Waals surface area contributed by atoms with Crippen LogP contribution in [0.5, 0.6) is 11.5 Å². The molecule has 0 spiro atoms. The van der Waals surface area contributed by atoms with E-state index in [1.54, 1.807) is 30.0 Å². The van der Waals surface area contributed by atoms with Crippen LogP contribution >= 0.6 is 11.8 Å². The zero-order valence-electron chi connectivity index (χ0n) is 17.0. The van der Waals surface area contributed by atoms with Gasteiger partial charge in [0.25, 0.3) is 0 Å². The van der Waals surface area contributed by atoms with Gasteiger partial charge in [-0.1, -0.05) is 43.3 Å². The van der Waals surface area contributed by atoms with Gasteiger partial charge in [0.1, 0.15) is 18.1 Å². The van der Waals surface area contributed by atoms with E-state index < -0.39 is 0 Å². The Hall–Kier alpha value is -3.23. The van der Waals surface area contributed by atoms with Gasteiger partial charge in [-0.2, -0.15) is 5.26 Å². The van der Waals surface area contributed by atoms with Gasteiger partial charge in [0.2, 0.25) is 0 Å². The van der Waals surface area contributed by atoms with Crippen LogP contribution in [0.4, 0.5) is 0 Å². The van der Waals surface area contributed by atoms with Crippen molar-refractivity contribution in [3.8, 4) is 17.6 Å². The first kappa shape index (κ1) is 21.5. The fourth-order valence-corrected chi connectivity index (χ4v) is 3.99. The number of nitriles is 1. The standard InChI is InChI=1S/C25H23NO3S/c1-3-5-23-24(13-12-22(17(2)27)25(23)28)29-16-18-8-10-20(11-9-18)30-21-7-4-6-19(14-21)15-26/h4,6-14,28H,3,5,16H2,1-2H3. The van der Waals surface area contributed by atoms with E-state index in [-0.39, 0.29) is 11.5 Å². The molecule has 152 valence electrons. The molecule has 3 aromatic rings. The smallest absolute Gasteiger partial charge is 0.163 e. The number of Topliss-reactive ketones (excluding diaryl/α,β-unsaturated/α-hetero) is 1. The summed E-state index contributed by atoms with van der Waals surface area (Å²) < 4.78 is 5.97. The molecule has 0 amide bonds. The molecule has 0 aliphatic carbocycles. The highest BCUT2D eigenvalue weighted by atomic mass is 32.2. The van der Waals surface area contributed by atoms with Crippen LogP contribution in [0.25, 0.3) is 0 Å². The fourth-order valence-electron chi connectivity index (χ4n) is 3.11. The first-order chi connectivity index (χ1) is 14.5. The number of carbonyl (C=O) groups is 1. The van der Waals surface area contributed by atoms with Crippen molar-refractivity contribution >= 4 is 17.5 Å². The third-order valence-corrected chi connectivity index (χ3v) is 5.63. The molecule has 0 aromatic heterocycles. The summed E-state index contributed by atoms with van der Waals surface area (Å²) in [5.41, 5.74) is 2.65. The van der Waals surface area contributed by atoms with Crippen LogP contribution in [0.1, 0.15) is 47.3 Å². The Morgan fingerprint density at radius 2 is 1.87 bits per heavy atom. The molecule has 0 bridgehead atoms. The zero-order valence-corrected chi connectivity index (χ0v) is 17.8. The molecule has 3 rings (SSSR count). The molecule has 30 heavy (non-hydrogen) atoms. The van der Waals surface area contributed by atoms with Crippen LogP contribution < -0.4 is 4.74 Å². The number of carbonyl (C=O) groups excluding carboxylic acids is 1. The quantitative estimate of drug-likeness (QED) is 0.445. The summed E-state index contributed by atoms with van der Waals surface area (Å²) in [5.74, 6) is 0.462. The number of benzene rings is 3. The molecule has 1 N–H and O–H groups in total. The van der Waals surface area contributed by atoms with E-state index >= 15 is 0 Å². The Morgan fingerprint density at radius 1 is 1.10 bits per heavy atom. The molecule has 0 aliphatic heterocycles. The van der Waals surface area contributed by atoms with Crippen molar-refractivity contribution in [2.45, 2.75) is 43.1 Å². The van der Waals surface area contributed by atoms with Gasteiger partial charge in [-0.15, -0.1) is 0 Å². The normalized spacial score (nSPS) is 10.4. The minimum absolute atomic E-state index is 0.0215. The van der Waals surface area contributed by atoms with Crippen LogP contribution in [0, 0.1) is 11.3 Å². The van der Waals surface area contributed by atoms with E-state index in [2.05, 4.69) is 6.07 Å². The Morgan fingerprint density at radius 3 is 2.53 bits per heavy atom. The Balaban J connectivity index is 1.70. The molecule has 3 aromatic carbocycles. The lowest BCUT2D eigenvalue weighted by molar-refractivity contribution is 0.101. The van der Waals surface area contributed by atoms with E-state index in [9.17, 15) is 9.90 Å². The van der Waals surface area contributed by atoms with Crippen molar-refractivity contribution < 1.29 is 14.6 Å². The molecule has 0 unspecified atom stereocenters. The summed E-state index contributed by atoms with van der Waals surface area (Å²) in [6, 6.07) is 21.1. The van der Waals surface area contributed by atoms with Gasteiger partial charge in [0.15, 0.2) is 5.78 Å². The predicted molar refractivity (Wildman–Crippen MR) is 118 cm³/mol. The van der Waals surface area contributed by atoms with E-state index in [0.29, 0.717) is 35.5 Å². The van der Waals surface area contributed by atoms with Crippen LogP contribution in [0.2, 0.25) is 0 Å². The van der Waals surface area contributed by atoms with Crippen LogP contribution in [0.15, 0.2) is 70.5 Å². The van der Waals surface area contributed by atoms with Gasteiger partial charge in [-0.05, 0) is 61.4 Å². The number of nitrogens with zero attached hydrogens (tertiary/aromatic N) is 1. The number of aromatic hydroxyl groups is 1. The third-order valence-electron chi connectivity index (χ3n) is 4.64. The lowest BCUT2D eigenvalue weighted by Gasteiger charge is -2.15. The molecular formula is C25H23NO3S. The molecule has 4 nitrogen and oxygen atoms in total. The summed E-state index contributed by atoms with van der Waals surface area (Å²) in [6.07, 6.45) is 1.48. The van der Waals surface area contributed by atoms with Gasteiger partial charge in [0.05, 0.1) is 17.2 Å². The summed E-state index contributed by atoms with van der Waals surface area (Å²) in [5, 5.41) is 19.5. The van der Waals surface area contributed by atoms with E-state index in [0.717, 1.165) is 21.8 Å². The number of rotatable bonds is 8. The van der Waals surface area contributed by atoms with Gasteiger partial charge in [0, 0.05) is 15.4 Å². The number of hydrogen-bond acceptors (Lipinski definition) is 5. The first-order valence-electron chi connectivity index (χ1n) is 9.77. The summed E-state index contributed by atoms with van der Waals surface area (Å²) >= 11 is 1.60. The number of hydrogen-bond donors (Lipinski definition) is 1. The highest BCUT2D eigenvalue weighted by Gasteiger charge is 2.16. The van der Waals surface area contributed by atoms with Crippen molar-refractivity contribution in [1.82, 2.24) is 0 Å². The average molecular weight is 418 g/mol. The highest BCUT2D eigenvalue weighted by molar-refractivity contribution is 7.99. The fraction of sp³-hybridized carbons (Fsp3) is 0.200. The molecule has 0 heterocycles. The van der Waals surface area contributed by atoms with Crippen molar-refractivity contribution in [2.75, 3.05) is 0 Å². The second-order valence-electron chi connectivity index (χ2n) is 6.92. The first-order valence-corrected chi connectivity index (χ1v) is 10.6. The zero-order chi connectivity index (χ0) is 21.5. The SMILES string of the molecule is CCCc1c(OCc2ccc(Sc3cccc(C#N)c3)cc2)ccc(C(C)=O)c1O. The van der Waals surface area contributed by atoms with Gasteiger partial charge >= 0.3 is 0 Å². The largest absolute Gasteiger partial charge is 0.507 e. The minimum Gasteiger partial charge on any atom is -0.507 e. The average Bonchev–Trinajstić information content (AvgIpc) is 2.75. The second-order valence-corrected chi connectivity index (χ2v) is 8.07. The monoisotopic (exact) mass is 417 g/mol. The lowest BCUT2D eigenvalue weighted by atomic mass is 10.0. The maximum Gasteiger partial charge on any atom is 0.163 e. The molecule has 0 aliphatic rings. The number of phenolic OH excluding ortho intramolecular Hbond substituents is 1. The molecule has 0 fully saturated rings. The third kappa shape index (κ3) is 5.22. The van der Waals surface area contributed by atoms with Gasteiger partial charge in [-0.3, -0.25) is 4.79 Å². The van der Waals surface area contributed by atoms with Gasteiger partial charge in [-0.25, -0.2) is 0 Å². The van der Waals surface area contributed by atoms with E-state index in [1.165, 1.54) is 6.92 Å². The molecule has 0 saturated carbocycles. The topological polar surface area (TPSA) is 70.3 Å². The minimum atomic E-state index is -0.162. The lowest BCUT2D eigenvalue weighted by Crippen LogP contribution is -2.02. The second kappa shape index (κ2) is 10.00.